The Kier molecular flexibility index (Phi) is 7.11. The van der Waals surface area contributed by atoms with Gasteiger partial charge in [-0.25, -0.2) is 0 Å². The van der Waals surface area contributed by atoms with Crippen LogP contribution in [0.4, 0.5) is 11.4 Å². The number of carbonyl (C=O) groups excluding carboxylic acids is 2. The fraction of sp³-hybridized carbons (Fsp3) is 0.391. The highest BCUT2D eigenvalue weighted by Gasteiger charge is 2.18. The molecule has 0 unspecified atom stereocenters. The zero-order valence-electron chi connectivity index (χ0n) is 17.1. The Morgan fingerprint density at radius 3 is 2.48 bits per heavy atom. The van der Waals surface area contributed by atoms with Gasteiger partial charge in [-0.2, -0.15) is 0 Å². The molecule has 3 rings (SSSR count). The Bertz CT molecular complexity index is 830. The van der Waals surface area contributed by atoms with Crippen molar-refractivity contribution in [3.63, 3.8) is 0 Å². The first kappa shape index (κ1) is 20.7. The summed E-state index contributed by atoms with van der Waals surface area (Å²) < 4.78 is 6.09. The van der Waals surface area contributed by atoms with Gasteiger partial charge < -0.3 is 20.3 Å². The molecule has 0 aliphatic heterocycles. The summed E-state index contributed by atoms with van der Waals surface area (Å²) in [6, 6.07) is 15.2. The van der Waals surface area contributed by atoms with Gasteiger partial charge in [0, 0.05) is 12.7 Å². The van der Waals surface area contributed by atoms with Crippen molar-refractivity contribution in [2.45, 2.75) is 38.7 Å². The van der Waals surface area contributed by atoms with E-state index in [0.29, 0.717) is 0 Å². The monoisotopic (exact) mass is 395 g/mol. The highest BCUT2D eigenvalue weighted by molar-refractivity contribution is 5.95. The SMILES string of the molecule is Cc1ccc(NC(=O)CN(C)C(=O)CNc2ccccc2OC2CCCC2)cc1. The Labute approximate surface area is 172 Å². The maximum absolute atomic E-state index is 12.4. The van der Waals surface area contributed by atoms with Crippen LogP contribution in [0.3, 0.4) is 0 Å². The molecule has 6 heteroatoms. The molecular weight excluding hydrogens is 366 g/mol. The molecule has 0 spiro atoms. The van der Waals surface area contributed by atoms with Gasteiger partial charge in [-0.15, -0.1) is 0 Å². The summed E-state index contributed by atoms with van der Waals surface area (Å²) in [5, 5.41) is 5.95. The summed E-state index contributed by atoms with van der Waals surface area (Å²) >= 11 is 0. The van der Waals surface area contributed by atoms with Crippen LogP contribution in [0.2, 0.25) is 0 Å². The summed E-state index contributed by atoms with van der Waals surface area (Å²) in [5.41, 5.74) is 2.64. The van der Waals surface area contributed by atoms with Crippen molar-refractivity contribution >= 4 is 23.2 Å². The molecule has 0 atom stereocenters. The van der Waals surface area contributed by atoms with Crippen molar-refractivity contribution < 1.29 is 14.3 Å². The van der Waals surface area contributed by atoms with Crippen LogP contribution in [0.5, 0.6) is 5.75 Å². The average molecular weight is 396 g/mol. The van der Waals surface area contributed by atoms with Crippen molar-refractivity contribution in [3.05, 3.63) is 54.1 Å². The molecule has 1 aliphatic carbocycles. The smallest absolute Gasteiger partial charge is 0.243 e. The second-order valence-corrected chi connectivity index (χ2v) is 7.54. The van der Waals surface area contributed by atoms with Gasteiger partial charge in [-0.05, 0) is 56.9 Å². The van der Waals surface area contributed by atoms with E-state index in [0.717, 1.165) is 35.5 Å². The predicted molar refractivity (Wildman–Crippen MR) is 115 cm³/mol. The molecule has 6 nitrogen and oxygen atoms in total. The third kappa shape index (κ3) is 6.24. The minimum absolute atomic E-state index is 0.00535. The number of benzene rings is 2. The van der Waals surface area contributed by atoms with E-state index in [9.17, 15) is 9.59 Å². The molecule has 1 saturated carbocycles. The van der Waals surface area contributed by atoms with Gasteiger partial charge in [0.1, 0.15) is 5.75 Å². The van der Waals surface area contributed by atoms with Crippen LogP contribution in [-0.2, 0) is 9.59 Å². The van der Waals surface area contributed by atoms with Crippen molar-refractivity contribution in [1.82, 2.24) is 4.90 Å². The molecule has 154 valence electrons. The van der Waals surface area contributed by atoms with E-state index >= 15 is 0 Å². The van der Waals surface area contributed by atoms with E-state index in [2.05, 4.69) is 10.6 Å². The standard InChI is InChI=1S/C23H29N3O3/c1-17-11-13-18(14-12-17)25-22(27)16-26(2)23(28)15-24-20-9-5-6-10-21(20)29-19-7-3-4-8-19/h5-6,9-14,19,24H,3-4,7-8,15-16H2,1-2H3,(H,25,27). The molecule has 2 amide bonds. The molecule has 1 aliphatic rings. The lowest BCUT2D eigenvalue weighted by molar-refractivity contribution is -0.131. The maximum atomic E-state index is 12.4. The molecule has 0 radical (unpaired) electrons. The minimum atomic E-state index is -0.227. The zero-order valence-corrected chi connectivity index (χ0v) is 17.1. The highest BCUT2D eigenvalue weighted by Crippen LogP contribution is 2.29. The largest absolute Gasteiger partial charge is 0.488 e. The van der Waals surface area contributed by atoms with Gasteiger partial charge in [0.05, 0.1) is 24.9 Å². The van der Waals surface area contributed by atoms with Crippen LogP contribution in [0, 0.1) is 6.92 Å². The van der Waals surface area contributed by atoms with Crippen molar-refractivity contribution in [2.75, 3.05) is 30.8 Å². The number of amides is 2. The predicted octanol–water partition coefficient (Wildman–Crippen LogP) is 3.83. The second-order valence-electron chi connectivity index (χ2n) is 7.54. The van der Waals surface area contributed by atoms with Crippen LogP contribution in [-0.4, -0.2) is 43.0 Å². The van der Waals surface area contributed by atoms with Crippen molar-refractivity contribution in [1.29, 1.82) is 0 Å². The van der Waals surface area contributed by atoms with Crippen LogP contribution in [0.25, 0.3) is 0 Å². The lowest BCUT2D eigenvalue weighted by Crippen LogP contribution is -2.38. The summed E-state index contributed by atoms with van der Waals surface area (Å²) in [6.45, 7) is 2.08. The molecule has 0 heterocycles. The fourth-order valence-corrected chi connectivity index (χ4v) is 3.35. The van der Waals surface area contributed by atoms with E-state index in [1.165, 1.54) is 17.7 Å². The van der Waals surface area contributed by atoms with Gasteiger partial charge in [-0.1, -0.05) is 29.8 Å². The molecule has 1 fully saturated rings. The first-order valence-corrected chi connectivity index (χ1v) is 10.1. The van der Waals surface area contributed by atoms with E-state index in [1.807, 2.05) is 55.5 Å². The highest BCUT2D eigenvalue weighted by atomic mass is 16.5. The number of likely N-dealkylation sites (N-methyl/N-ethyl adjacent to an activating group) is 1. The number of carbonyl (C=O) groups is 2. The van der Waals surface area contributed by atoms with Crippen molar-refractivity contribution in [3.8, 4) is 5.75 Å². The van der Waals surface area contributed by atoms with Gasteiger partial charge in [0.25, 0.3) is 0 Å². The fourth-order valence-electron chi connectivity index (χ4n) is 3.35. The molecule has 0 aromatic heterocycles. The van der Waals surface area contributed by atoms with E-state index in [-0.39, 0.29) is 31.0 Å². The Morgan fingerprint density at radius 2 is 1.76 bits per heavy atom. The number of para-hydroxylation sites is 2. The van der Waals surface area contributed by atoms with Gasteiger partial charge in [-0.3, -0.25) is 9.59 Å². The maximum Gasteiger partial charge on any atom is 0.243 e. The molecular formula is C23H29N3O3. The topological polar surface area (TPSA) is 70.7 Å². The summed E-state index contributed by atoms with van der Waals surface area (Å²) in [4.78, 5) is 26.0. The summed E-state index contributed by atoms with van der Waals surface area (Å²) in [7, 11) is 1.62. The molecule has 0 saturated heterocycles. The zero-order chi connectivity index (χ0) is 20.6. The first-order chi connectivity index (χ1) is 14.0. The normalized spacial score (nSPS) is 13.7. The molecule has 2 aromatic carbocycles. The number of hydrogen-bond donors (Lipinski definition) is 2. The molecule has 2 N–H and O–H groups in total. The number of nitrogens with one attached hydrogen (secondary N) is 2. The summed E-state index contributed by atoms with van der Waals surface area (Å²) in [5.74, 6) is 0.376. The van der Waals surface area contributed by atoms with E-state index in [1.54, 1.807) is 7.05 Å². The number of hydrogen-bond acceptors (Lipinski definition) is 4. The number of nitrogens with zero attached hydrogens (tertiary/aromatic N) is 1. The van der Waals surface area contributed by atoms with E-state index < -0.39 is 0 Å². The quantitative estimate of drug-likeness (QED) is 0.713. The molecule has 2 aromatic rings. The Balaban J connectivity index is 1.48. The number of anilines is 2. The van der Waals surface area contributed by atoms with Crippen molar-refractivity contribution in [2.24, 2.45) is 0 Å². The first-order valence-electron chi connectivity index (χ1n) is 10.1. The van der Waals surface area contributed by atoms with Crippen LogP contribution < -0.4 is 15.4 Å². The average Bonchev–Trinajstić information content (AvgIpc) is 3.22. The van der Waals surface area contributed by atoms with Crippen LogP contribution in [0.15, 0.2) is 48.5 Å². The third-order valence-corrected chi connectivity index (χ3v) is 5.05. The van der Waals surface area contributed by atoms with Crippen LogP contribution >= 0.6 is 0 Å². The van der Waals surface area contributed by atoms with Gasteiger partial charge in [0.15, 0.2) is 0 Å². The number of ether oxygens (including phenoxy) is 1. The third-order valence-electron chi connectivity index (χ3n) is 5.05. The molecule has 0 bridgehead atoms. The Morgan fingerprint density at radius 1 is 1.07 bits per heavy atom. The van der Waals surface area contributed by atoms with Gasteiger partial charge >= 0.3 is 0 Å². The number of rotatable bonds is 8. The minimum Gasteiger partial charge on any atom is -0.488 e. The second kappa shape index (κ2) is 9.96. The lowest BCUT2D eigenvalue weighted by atomic mass is 10.2. The van der Waals surface area contributed by atoms with Gasteiger partial charge in [0.2, 0.25) is 11.8 Å². The van der Waals surface area contributed by atoms with E-state index in [4.69, 9.17) is 4.74 Å². The lowest BCUT2D eigenvalue weighted by Gasteiger charge is -2.20. The van der Waals surface area contributed by atoms with Crippen LogP contribution in [0.1, 0.15) is 31.2 Å². The Hall–Kier alpha value is -3.02. The number of aryl methyl sites for hydroxylation is 1. The summed E-state index contributed by atoms with van der Waals surface area (Å²) in [6.07, 6.45) is 4.81. The molecule has 29 heavy (non-hydrogen) atoms.